The molecule has 0 aromatic carbocycles. The molecule has 1 atom stereocenters. The zero-order valence-electron chi connectivity index (χ0n) is 11.8. The van der Waals surface area contributed by atoms with Crippen molar-refractivity contribution >= 4 is 11.3 Å². The highest BCUT2D eigenvalue weighted by Gasteiger charge is 2.24. The molecule has 1 aromatic heterocycles. The standard InChI is InChI=1S/C15H25NO2S/c1-2-7-16(9-13-5-6-13)10-14(17)11-18-12-15-4-3-8-19-15/h3-4,8,13-14,17H,2,5-7,9-12H2,1H3/t14-/m0/s1. The van der Waals surface area contributed by atoms with Crippen molar-refractivity contribution in [2.75, 3.05) is 26.2 Å². The molecule has 4 heteroatoms. The Morgan fingerprint density at radius 2 is 2.37 bits per heavy atom. The zero-order chi connectivity index (χ0) is 13.5. The van der Waals surface area contributed by atoms with Gasteiger partial charge in [0, 0.05) is 18.0 Å². The van der Waals surface area contributed by atoms with Gasteiger partial charge in [0.15, 0.2) is 0 Å². The first-order valence-electron chi connectivity index (χ1n) is 7.28. The third-order valence-corrected chi connectivity index (χ3v) is 4.21. The van der Waals surface area contributed by atoms with Crippen molar-refractivity contribution in [3.63, 3.8) is 0 Å². The van der Waals surface area contributed by atoms with E-state index in [-0.39, 0.29) is 6.10 Å². The summed E-state index contributed by atoms with van der Waals surface area (Å²) in [6, 6.07) is 4.09. The highest BCUT2D eigenvalue weighted by Crippen LogP contribution is 2.29. The Hall–Kier alpha value is -0.420. The first-order chi connectivity index (χ1) is 9.28. The van der Waals surface area contributed by atoms with E-state index in [1.165, 1.54) is 17.7 Å². The molecule has 1 saturated carbocycles. The van der Waals surface area contributed by atoms with Gasteiger partial charge in [-0.2, -0.15) is 0 Å². The predicted octanol–water partition coefficient (Wildman–Crippen LogP) is 2.75. The Morgan fingerprint density at radius 3 is 3.00 bits per heavy atom. The Bertz CT molecular complexity index is 338. The highest BCUT2D eigenvalue weighted by molar-refractivity contribution is 7.09. The lowest BCUT2D eigenvalue weighted by Gasteiger charge is -2.24. The van der Waals surface area contributed by atoms with Gasteiger partial charge in [0.25, 0.3) is 0 Å². The molecule has 0 amide bonds. The van der Waals surface area contributed by atoms with Crippen LogP contribution < -0.4 is 0 Å². The van der Waals surface area contributed by atoms with Crippen molar-refractivity contribution in [2.45, 2.75) is 38.9 Å². The number of rotatable bonds is 10. The minimum absolute atomic E-state index is 0.370. The summed E-state index contributed by atoms with van der Waals surface area (Å²) in [6.07, 6.45) is 3.51. The molecule has 1 heterocycles. The second-order valence-electron chi connectivity index (χ2n) is 5.45. The van der Waals surface area contributed by atoms with Crippen molar-refractivity contribution in [2.24, 2.45) is 5.92 Å². The van der Waals surface area contributed by atoms with Gasteiger partial charge in [-0.25, -0.2) is 0 Å². The van der Waals surface area contributed by atoms with Crippen LogP contribution in [-0.4, -0.2) is 42.4 Å². The molecule has 0 bridgehead atoms. The summed E-state index contributed by atoms with van der Waals surface area (Å²) < 4.78 is 5.57. The lowest BCUT2D eigenvalue weighted by molar-refractivity contribution is 0.00997. The molecule has 2 rings (SSSR count). The molecule has 108 valence electrons. The average Bonchev–Trinajstić information content (AvgIpc) is 3.03. The fourth-order valence-electron chi connectivity index (χ4n) is 2.28. The summed E-state index contributed by atoms with van der Waals surface area (Å²) in [5, 5.41) is 12.1. The summed E-state index contributed by atoms with van der Waals surface area (Å²) >= 11 is 1.70. The minimum Gasteiger partial charge on any atom is -0.389 e. The Labute approximate surface area is 120 Å². The Balaban J connectivity index is 1.61. The van der Waals surface area contributed by atoms with Crippen LogP contribution in [0.5, 0.6) is 0 Å². The quantitative estimate of drug-likeness (QED) is 0.716. The topological polar surface area (TPSA) is 32.7 Å². The van der Waals surface area contributed by atoms with Crippen molar-refractivity contribution in [1.29, 1.82) is 0 Å². The van der Waals surface area contributed by atoms with Crippen LogP contribution in [0, 0.1) is 5.92 Å². The Morgan fingerprint density at radius 1 is 1.53 bits per heavy atom. The number of hydrogen-bond acceptors (Lipinski definition) is 4. The maximum Gasteiger partial charge on any atom is 0.0900 e. The third-order valence-electron chi connectivity index (χ3n) is 3.36. The molecule has 0 spiro atoms. The first-order valence-corrected chi connectivity index (χ1v) is 8.16. The van der Waals surface area contributed by atoms with Crippen molar-refractivity contribution < 1.29 is 9.84 Å². The molecule has 3 nitrogen and oxygen atoms in total. The zero-order valence-corrected chi connectivity index (χ0v) is 12.6. The molecule has 1 aliphatic rings. The first kappa shape index (κ1) is 15.0. The summed E-state index contributed by atoms with van der Waals surface area (Å²) in [6.45, 7) is 6.22. The van der Waals surface area contributed by atoms with Crippen LogP contribution in [0.4, 0.5) is 0 Å². The van der Waals surface area contributed by atoms with Gasteiger partial charge in [-0.1, -0.05) is 13.0 Å². The fourth-order valence-corrected chi connectivity index (χ4v) is 2.92. The lowest BCUT2D eigenvalue weighted by Crippen LogP contribution is -2.36. The molecule has 0 radical (unpaired) electrons. The van der Waals surface area contributed by atoms with E-state index >= 15 is 0 Å². The molecule has 1 N–H and O–H groups in total. The van der Waals surface area contributed by atoms with Gasteiger partial charge in [-0.3, -0.25) is 0 Å². The number of aliphatic hydroxyl groups excluding tert-OH is 1. The summed E-state index contributed by atoms with van der Waals surface area (Å²) in [5.41, 5.74) is 0. The highest BCUT2D eigenvalue weighted by atomic mass is 32.1. The van der Waals surface area contributed by atoms with Crippen molar-refractivity contribution in [1.82, 2.24) is 4.90 Å². The van der Waals surface area contributed by atoms with Crippen LogP contribution in [0.25, 0.3) is 0 Å². The van der Waals surface area contributed by atoms with E-state index in [1.54, 1.807) is 11.3 Å². The van der Waals surface area contributed by atoms with Crippen LogP contribution in [0.1, 0.15) is 31.1 Å². The summed E-state index contributed by atoms with van der Waals surface area (Å²) in [7, 11) is 0. The van der Waals surface area contributed by atoms with Crippen LogP contribution in [0.3, 0.4) is 0 Å². The number of ether oxygens (including phenoxy) is 1. The molecule has 0 unspecified atom stereocenters. The van der Waals surface area contributed by atoms with E-state index < -0.39 is 0 Å². The Kier molecular flexibility index (Phi) is 6.31. The van der Waals surface area contributed by atoms with E-state index in [2.05, 4.69) is 17.9 Å². The van der Waals surface area contributed by atoms with Gasteiger partial charge in [0.2, 0.25) is 0 Å². The fraction of sp³-hybridized carbons (Fsp3) is 0.733. The number of thiophene rings is 1. The van der Waals surface area contributed by atoms with Crippen LogP contribution in [-0.2, 0) is 11.3 Å². The molecular formula is C15H25NO2S. The smallest absolute Gasteiger partial charge is 0.0900 e. The SMILES string of the molecule is CCCN(CC1CC1)C[C@H](O)COCc1cccs1. The van der Waals surface area contributed by atoms with Crippen molar-refractivity contribution in [3.8, 4) is 0 Å². The van der Waals surface area contributed by atoms with E-state index in [1.807, 2.05) is 11.4 Å². The second kappa shape index (κ2) is 8.00. The monoisotopic (exact) mass is 283 g/mol. The van der Waals surface area contributed by atoms with Crippen LogP contribution in [0.2, 0.25) is 0 Å². The maximum absolute atomic E-state index is 10.0. The van der Waals surface area contributed by atoms with E-state index in [0.29, 0.717) is 13.2 Å². The molecule has 0 saturated heterocycles. The molecule has 0 aliphatic heterocycles. The van der Waals surface area contributed by atoms with E-state index in [9.17, 15) is 5.11 Å². The van der Waals surface area contributed by atoms with Gasteiger partial charge < -0.3 is 14.7 Å². The molecular weight excluding hydrogens is 258 g/mol. The third kappa shape index (κ3) is 6.04. The molecule has 1 aromatic rings. The largest absolute Gasteiger partial charge is 0.389 e. The van der Waals surface area contributed by atoms with Gasteiger partial charge in [-0.05, 0) is 43.2 Å². The normalized spacial score (nSPS) is 17.0. The number of nitrogens with zero attached hydrogens (tertiary/aromatic N) is 1. The van der Waals surface area contributed by atoms with Gasteiger partial charge in [0.05, 0.1) is 19.3 Å². The number of aliphatic hydroxyl groups is 1. The molecule has 19 heavy (non-hydrogen) atoms. The summed E-state index contributed by atoms with van der Waals surface area (Å²) in [4.78, 5) is 3.60. The van der Waals surface area contributed by atoms with Gasteiger partial charge in [0.1, 0.15) is 0 Å². The number of hydrogen-bond donors (Lipinski definition) is 1. The second-order valence-corrected chi connectivity index (χ2v) is 6.48. The predicted molar refractivity (Wildman–Crippen MR) is 79.4 cm³/mol. The van der Waals surface area contributed by atoms with E-state index in [4.69, 9.17) is 4.74 Å². The molecule has 1 aliphatic carbocycles. The van der Waals surface area contributed by atoms with Crippen molar-refractivity contribution in [3.05, 3.63) is 22.4 Å². The minimum atomic E-state index is -0.370. The van der Waals surface area contributed by atoms with Crippen LogP contribution >= 0.6 is 11.3 Å². The average molecular weight is 283 g/mol. The maximum atomic E-state index is 10.0. The lowest BCUT2D eigenvalue weighted by atomic mass is 10.2. The van der Waals surface area contributed by atoms with Crippen LogP contribution in [0.15, 0.2) is 17.5 Å². The summed E-state index contributed by atoms with van der Waals surface area (Å²) in [5.74, 6) is 0.880. The molecule has 1 fully saturated rings. The van der Waals surface area contributed by atoms with E-state index in [0.717, 1.165) is 32.0 Å². The van der Waals surface area contributed by atoms with Gasteiger partial charge >= 0.3 is 0 Å². The van der Waals surface area contributed by atoms with Gasteiger partial charge in [-0.15, -0.1) is 11.3 Å².